The molecule has 0 aromatic rings. The molecule has 1 saturated heterocycles. The van der Waals surface area contributed by atoms with E-state index < -0.39 is 0 Å². The molecule has 1 aliphatic rings. The summed E-state index contributed by atoms with van der Waals surface area (Å²) >= 11 is 0. The molecule has 2 heteroatoms. The van der Waals surface area contributed by atoms with Gasteiger partial charge in [-0.3, -0.25) is 4.79 Å². The lowest BCUT2D eigenvalue weighted by Crippen LogP contribution is -2.02. The summed E-state index contributed by atoms with van der Waals surface area (Å²) < 4.78 is 0. The molecule has 0 aliphatic carbocycles. The van der Waals surface area contributed by atoms with E-state index in [4.69, 9.17) is 0 Å². The van der Waals surface area contributed by atoms with Crippen molar-refractivity contribution < 1.29 is 4.79 Å². The molecule has 0 saturated carbocycles. The maximum absolute atomic E-state index is 10.5. The smallest absolute Gasteiger partial charge is 0.154 e. The Morgan fingerprint density at radius 1 is 1.60 bits per heavy atom. The Kier molecular flexibility index (Phi) is 1.55. The molecule has 0 N–H and O–H groups in total. The van der Waals surface area contributed by atoms with Gasteiger partial charge in [-0.05, 0) is 26.8 Å². The Morgan fingerprint density at radius 2 is 2.10 bits per heavy atom. The van der Waals surface area contributed by atoms with Crippen molar-refractivity contribution in [3.63, 3.8) is 0 Å². The summed E-state index contributed by atoms with van der Waals surface area (Å²) in [6.45, 7) is 6.93. The van der Waals surface area contributed by atoms with Crippen LogP contribution in [0.15, 0.2) is 12.3 Å². The number of carbonyl (C=O) groups is 1. The number of carbonyl (C=O) groups excluding carboxylic acids is 1. The number of nitrogens with zero attached hydrogens (tertiary/aromatic N) is 1. The standard InChI is InChI=1S/C8H13NO/c1-7(10)4-5-9-6-8(9,2)3/h4-5H,6H2,1-3H3. The Hall–Kier alpha value is -0.790. The van der Waals surface area contributed by atoms with Gasteiger partial charge in [0.2, 0.25) is 0 Å². The van der Waals surface area contributed by atoms with Gasteiger partial charge in [-0.1, -0.05) is 0 Å². The maximum Gasteiger partial charge on any atom is 0.154 e. The van der Waals surface area contributed by atoms with E-state index in [2.05, 4.69) is 18.7 Å². The number of rotatable bonds is 2. The molecule has 0 amide bonds. The first-order valence-corrected chi connectivity index (χ1v) is 3.48. The van der Waals surface area contributed by atoms with E-state index in [1.165, 1.54) is 0 Å². The molecule has 0 unspecified atom stereocenters. The third-order valence-corrected chi connectivity index (χ3v) is 1.72. The van der Waals surface area contributed by atoms with Crippen molar-refractivity contribution in [1.82, 2.24) is 4.90 Å². The third-order valence-electron chi connectivity index (χ3n) is 1.72. The molecule has 0 spiro atoms. The molecular formula is C8H13NO. The predicted octanol–water partition coefficient (Wildman–Crippen LogP) is 1.18. The summed E-state index contributed by atoms with van der Waals surface area (Å²) in [5.74, 6) is 0.114. The average molecular weight is 139 g/mol. The van der Waals surface area contributed by atoms with Crippen molar-refractivity contribution in [1.29, 1.82) is 0 Å². The van der Waals surface area contributed by atoms with Crippen LogP contribution in [0.2, 0.25) is 0 Å². The van der Waals surface area contributed by atoms with E-state index in [0.717, 1.165) is 6.54 Å². The minimum atomic E-state index is 0.114. The molecule has 1 heterocycles. The van der Waals surface area contributed by atoms with Gasteiger partial charge >= 0.3 is 0 Å². The van der Waals surface area contributed by atoms with Gasteiger partial charge in [0.05, 0.1) is 5.54 Å². The predicted molar refractivity (Wildman–Crippen MR) is 40.6 cm³/mol. The fourth-order valence-electron chi connectivity index (χ4n) is 0.831. The maximum atomic E-state index is 10.5. The van der Waals surface area contributed by atoms with Crippen LogP contribution in [0.3, 0.4) is 0 Å². The van der Waals surface area contributed by atoms with Crippen molar-refractivity contribution in [3.8, 4) is 0 Å². The van der Waals surface area contributed by atoms with E-state index in [1.54, 1.807) is 13.0 Å². The van der Waals surface area contributed by atoms with Crippen LogP contribution in [-0.2, 0) is 4.79 Å². The molecule has 2 nitrogen and oxygen atoms in total. The number of hydrogen-bond acceptors (Lipinski definition) is 2. The highest BCUT2D eigenvalue weighted by Gasteiger charge is 2.39. The van der Waals surface area contributed by atoms with Crippen LogP contribution in [0.1, 0.15) is 20.8 Å². The SMILES string of the molecule is CC(=O)C=CN1CC1(C)C. The fraction of sp³-hybridized carbons (Fsp3) is 0.625. The van der Waals surface area contributed by atoms with Crippen LogP contribution in [0.5, 0.6) is 0 Å². The van der Waals surface area contributed by atoms with Gasteiger partial charge in [-0.25, -0.2) is 0 Å². The van der Waals surface area contributed by atoms with Crippen molar-refractivity contribution in [2.45, 2.75) is 26.3 Å². The first-order chi connectivity index (χ1) is 4.52. The minimum Gasteiger partial charge on any atom is -0.368 e. The topological polar surface area (TPSA) is 20.1 Å². The average Bonchev–Trinajstić information content (AvgIpc) is 2.35. The third kappa shape index (κ3) is 1.59. The lowest BCUT2D eigenvalue weighted by molar-refractivity contribution is -0.112. The molecule has 1 fully saturated rings. The zero-order valence-corrected chi connectivity index (χ0v) is 6.72. The first kappa shape index (κ1) is 7.32. The largest absolute Gasteiger partial charge is 0.368 e. The summed E-state index contributed by atoms with van der Waals surface area (Å²) in [7, 11) is 0. The molecule has 0 radical (unpaired) electrons. The Labute approximate surface area is 61.5 Å². The van der Waals surface area contributed by atoms with Crippen molar-refractivity contribution >= 4 is 5.78 Å². The van der Waals surface area contributed by atoms with E-state index in [9.17, 15) is 4.79 Å². The lowest BCUT2D eigenvalue weighted by Gasteiger charge is -1.99. The highest BCUT2D eigenvalue weighted by molar-refractivity contribution is 5.87. The van der Waals surface area contributed by atoms with E-state index in [1.807, 2.05) is 6.20 Å². The molecule has 1 rings (SSSR count). The van der Waals surface area contributed by atoms with Gasteiger partial charge in [0, 0.05) is 12.7 Å². The van der Waals surface area contributed by atoms with Gasteiger partial charge in [0.25, 0.3) is 0 Å². The van der Waals surface area contributed by atoms with Gasteiger partial charge in [0.1, 0.15) is 0 Å². The Bertz CT molecular complexity index is 182. The second-order valence-electron chi connectivity index (χ2n) is 3.37. The number of allylic oxidation sites excluding steroid dienone is 1. The monoisotopic (exact) mass is 139 g/mol. The molecule has 1 aliphatic heterocycles. The van der Waals surface area contributed by atoms with Crippen LogP contribution in [0.25, 0.3) is 0 Å². The Morgan fingerprint density at radius 3 is 2.40 bits per heavy atom. The molecule has 0 bridgehead atoms. The summed E-state index contributed by atoms with van der Waals surface area (Å²) in [5.41, 5.74) is 0.298. The quantitative estimate of drug-likeness (QED) is 0.423. The Balaban J connectivity index is 2.37. The first-order valence-electron chi connectivity index (χ1n) is 3.48. The van der Waals surface area contributed by atoms with Crippen LogP contribution >= 0.6 is 0 Å². The number of ketones is 1. The number of hydrogen-bond donors (Lipinski definition) is 0. The van der Waals surface area contributed by atoms with E-state index >= 15 is 0 Å². The summed E-state index contributed by atoms with van der Waals surface area (Å²) in [6.07, 6.45) is 3.47. The minimum absolute atomic E-state index is 0.114. The van der Waals surface area contributed by atoms with Crippen molar-refractivity contribution in [2.75, 3.05) is 6.54 Å². The van der Waals surface area contributed by atoms with Crippen LogP contribution < -0.4 is 0 Å². The van der Waals surface area contributed by atoms with Crippen LogP contribution in [-0.4, -0.2) is 22.8 Å². The van der Waals surface area contributed by atoms with Crippen molar-refractivity contribution in [3.05, 3.63) is 12.3 Å². The highest BCUT2D eigenvalue weighted by atomic mass is 16.1. The van der Waals surface area contributed by atoms with Gasteiger partial charge in [-0.2, -0.15) is 0 Å². The molecule has 10 heavy (non-hydrogen) atoms. The van der Waals surface area contributed by atoms with Crippen molar-refractivity contribution in [2.24, 2.45) is 0 Å². The zero-order valence-electron chi connectivity index (χ0n) is 6.72. The summed E-state index contributed by atoms with van der Waals surface area (Å²) in [5, 5.41) is 0. The van der Waals surface area contributed by atoms with E-state index in [0.29, 0.717) is 5.54 Å². The van der Waals surface area contributed by atoms with Gasteiger partial charge < -0.3 is 4.90 Å². The van der Waals surface area contributed by atoms with Crippen LogP contribution in [0.4, 0.5) is 0 Å². The summed E-state index contributed by atoms with van der Waals surface area (Å²) in [6, 6.07) is 0. The highest BCUT2D eigenvalue weighted by Crippen LogP contribution is 2.30. The molecule has 0 aromatic carbocycles. The second-order valence-corrected chi connectivity index (χ2v) is 3.37. The second kappa shape index (κ2) is 2.11. The van der Waals surface area contributed by atoms with E-state index in [-0.39, 0.29) is 5.78 Å². The normalized spacial score (nSPS) is 21.7. The summed E-state index contributed by atoms with van der Waals surface area (Å²) in [4.78, 5) is 12.6. The molecule has 0 aromatic heterocycles. The van der Waals surface area contributed by atoms with Gasteiger partial charge in [-0.15, -0.1) is 0 Å². The molecule has 56 valence electrons. The molecule has 0 atom stereocenters. The molecular weight excluding hydrogens is 126 g/mol. The van der Waals surface area contributed by atoms with Crippen LogP contribution in [0, 0.1) is 0 Å². The fourth-order valence-corrected chi connectivity index (χ4v) is 0.831. The zero-order chi connectivity index (χ0) is 7.78. The van der Waals surface area contributed by atoms with Gasteiger partial charge in [0.15, 0.2) is 5.78 Å². The lowest BCUT2D eigenvalue weighted by atomic mass is 10.2.